The molecule has 2 saturated heterocycles. The zero-order chi connectivity index (χ0) is 16.9. The van der Waals surface area contributed by atoms with E-state index in [1.807, 2.05) is 9.80 Å². The Balaban J connectivity index is 1.45. The number of nitrogens with two attached hydrogens (primary N) is 1. The molecule has 1 unspecified atom stereocenters. The van der Waals surface area contributed by atoms with Gasteiger partial charge in [0.15, 0.2) is 0 Å². The van der Waals surface area contributed by atoms with E-state index in [0.717, 1.165) is 45.2 Å². The van der Waals surface area contributed by atoms with E-state index in [1.54, 1.807) is 0 Å². The quantitative estimate of drug-likeness (QED) is 0.737. The molecule has 2 aliphatic heterocycles. The second-order valence-corrected chi connectivity index (χ2v) is 7.42. The Morgan fingerprint density at radius 3 is 2.54 bits per heavy atom. The number of hydrogen-bond acceptors (Lipinski definition) is 4. The van der Waals surface area contributed by atoms with Crippen LogP contribution in [0.4, 0.5) is 0 Å². The molecule has 0 aromatic carbocycles. The van der Waals surface area contributed by atoms with Gasteiger partial charge in [0, 0.05) is 38.7 Å². The van der Waals surface area contributed by atoms with Crippen molar-refractivity contribution in [3.63, 3.8) is 0 Å². The summed E-state index contributed by atoms with van der Waals surface area (Å²) in [5.41, 5.74) is 5.48. The highest BCUT2D eigenvalue weighted by atomic mass is 16.5. The van der Waals surface area contributed by atoms with Gasteiger partial charge in [0.2, 0.25) is 11.8 Å². The van der Waals surface area contributed by atoms with Crippen molar-refractivity contribution in [3.05, 3.63) is 0 Å². The third-order valence-electron chi connectivity index (χ3n) is 5.73. The smallest absolute Gasteiger partial charge is 0.227 e. The summed E-state index contributed by atoms with van der Waals surface area (Å²) in [5.74, 6) is 0.220. The molecular weight excluding hydrogens is 306 g/mol. The molecule has 2 N–H and O–H groups in total. The maximum atomic E-state index is 12.8. The highest BCUT2D eigenvalue weighted by molar-refractivity contribution is 5.89. The minimum absolute atomic E-state index is 0.132. The lowest BCUT2D eigenvalue weighted by atomic mass is 10.0. The number of hydrogen-bond donors (Lipinski definition) is 1. The van der Waals surface area contributed by atoms with Crippen LogP contribution >= 0.6 is 0 Å². The van der Waals surface area contributed by atoms with Crippen molar-refractivity contribution in [3.8, 4) is 0 Å². The van der Waals surface area contributed by atoms with Crippen LogP contribution in [0.3, 0.4) is 0 Å². The number of nitrogens with zero attached hydrogens (tertiary/aromatic N) is 2. The summed E-state index contributed by atoms with van der Waals surface area (Å²) < 4.78 is 5.80. The SMILES string of the molecule is NCCCOC1CCN(C(=O)C2CC(=O)N(C3CCCC3)C2)CC1. The lowest BCUT2D eigenvalue weighted by Gasteiger charge is -2.33. The van der Waals surface area contributed by atoms with Crippen LogP contribution in [0.2, 0.25) is 0 Å². The number of amides is 2. The summed E-state index contributed by atoms with van der Waals surface area (Å²) >= 11 is 0. The van der Waals surface area contributed by atoms with Crippen molar-refractivity contribution in [1.82, 2.24) is 9.80 Å². The molecule has 24 heavy (non-hydrogen) atoms. The third kappa shape index (κ3) is 4.09. The predicted molar refractivity (Wildman–Crippen MR) is 91.3 cm³/mol. The van der Waals surface area contributed by atoms with Gasteiger partial charge in [0.05, 0.1) is 12.0 Å². The topological polar surface area (TPSA) is 75.9 Å². The van der Waals surface area contributed by atoms with Gasteiger partial charge >= 0.3 is 0 Å². The average molecular weight is 337 g/mol. The number of likely N-dealkylation sites (tertiary alicyclic amines) is 2. The minimum atomic E-state index is -0.132. The second-order valence-electron chi connectivity index (χ2n) is 7.42. The molecule has 3 rings (SSSR count). The zero-order valence-corrected chi connectivity index (χ0v) is 14.6. The maximum absolute atomic E-state index is 12.8. The summed E-state index contributed by atoms with van der Waals surface area (Å²) in [5, 5.41) is 0. The second kappa shape index (κ2) is 8.30. The zero-order valence-electron chi connectivity index (χ0n) is 14.6. The molecule has 0 radical (unpaired) electrons. The molecule has 136 valence electrons. The highest BCUT2D eigenvalue weighted by Gasteiger charge is 2.40. The van der Waals surface area contributed by atoms with Crippen molar-refractivity contribution in [2.24, 2.45) is 11.7 Å². The van der Waals surface area contributed by atoms with Crippen LogP contribution in [0.1, 0.15) is 51.4 Å². The molecule has 0 spiro atoms. The first-order valence-corrected chi connectivity index (χ1v) is 9.59. The van der Waals surface area contributed by atoms with Crippen LogP contribution in [-0.2, 0) is 14.3 Å². The van der Waals surface area contributed by atoms with Gasteiger partial charge in [0.1, 0.15) is 0 Å². The predicted octanol–water partition coefficient (Wildman–Crippen LogP) is 1.13. The molecule has 1 aliphatic carbocycles. The molecule has 1 atom stereocenters. The molecule has 1 saturated carbocycles. The Morgan fingerprint density at radius 1 is 1.17 bits per heavy atom. The Morgan fingerprint density at radius 2 is 1.88 bits per heavy atom. The van der Waals surface area contributed by atoms with Crippen LogP contribution in [0.25, 0.3) is 0 Å². The molecule has 2 heterocycles. The molecule has 3 aliphatic rings. The van der Waals surface area contributed by atoms with Crippen LogP contribution in [0.15, 0.2) is 0 Å². The summed E-state index contributed by atoms with van der Waals surface area (Å²) in [6.07, 6.45) is 7.97. The van der Waals surface area contributed by atoms with E-state index in [4.69, 9.17) is 10.5 Å². The average Bonchev–Trinajstić information content (AvgIpc) is 3.24. The van der Waals surface area contributed by atoms with E-state index in [1.165, 1.54) is 12.8 Å². The van der Waals surface area contributed by atoms with Gasteiger partial charge in [-0.05, 0) is 38.6 Å². The van der Waals surface area contributed by atoms with Gasteiger partial charge in [-0.3, -0.25) is 9.59 Å². The summed E-state index contributed by atoms with van der Waals surface area (Å²) in [7, 11) is 0. The van der Waals surface area contributed by atoms with Crippen molar-refractivity contribution in [2.75, 3.05) is 32.8 Å². The van der Waals surface area contributed by atoms with E-state index >= 15 is 0 Å². The van der Waals surface area contributed by atoms with E-state index in [-0.39, 0.29) is 23.8 Å². The number of carbonyl (C=O) groups excluding carboxylic acids is 2. The highest BCUT2D eigenvalue weighted by Crippen LogP contribution is 2.30. The maximum Gasteiger partial charge on any atom is 0.227 e. The van der Waals surface area contributed by atoms with Crippen LogP contribution < -0.4 is 5.73 Å². The van der Waals surface area contributed by atoms with E-state index < -0.39 is 0 Å². The van der Waals surface area contributed by atoms with Gasteiger partial charge in [-0.1, -0.05) is 12.8 Å². The summed E-state index contributed by atoms with van der Waals surface area (Å²) in [6, 6.07) is 0.386. The Bertz CT molecular complexity index is 443. The molecule has 6 heteroatoms. The number of ether oxygens (including phenoxy) is 1. The molecule has 0 aromatic heterocycles. The van der Waals surface area contributed by atoms with E-state index in [0.29, 0.717) is 32.2 Å². The number of piperidine rings is 1. The van der Waals surface area contributed by atoms with E-state index in [2.05, 4.69) is 0 Å². The minimum Gasteiger partial charge on any atom is -0.378 e. The molecule has 0 aromatic rings. The molecule has 0 bridgehead atoms. The fourth-order valence-corrected chi connectivity index (χ4v) is 4.30. The number of carbonyl (C=O) groups is 2. The lowest BCUT2D eigenvalue weighted by molar-refractivity contribution is -0.138. The van der Waals surface area contributed by atoms with Crippen molar-refractivity contribution in [1.29, 1.82) is 0 Å². The third-order valence-corrected chi connectivity index (χ3v) is 5.73. The molecular formula is C18H31N3O3. The summed E-state index contributed by atoms with van der Waals surface area (Å²) in [4.78, 5) is 29.0. The van der Waals surface area contributed by atoms with Gasteiger partial charge in [-0.25, -0.2) is 0 Å². The first kappa shape index (κ1) is 17.7. The van der Waals surface area contributed by atoms with Crippen LogP contribution in [0.5, 0.6) is 0 Å². The fourth-order valence-electron chi connectivity index (χ4n) is 4.30. The molecule has 3 fully saturated rings. The van der Waals surface area contributed by atoms with Gasteiger partial charge in [0.25, 0.3) is 0 Å². The normalized spacial score (nSPS) is 26.5. The van der Waals surface area contributed by atoms with Gasteiger partial charge in [-0.15, -0.1) is 0 Å². The van der Waals surface area contributed by atoms with Crippen molar-refractivity contribution >= 4 is 11.8 Å². The largest absolute Gasteiger partial charge is 0.378 e. The monoisotopic (exact) mass is 337 g/mol. The lowest BCUT2D eigenvalue weighted by Crippen LogP contribution is -2.44. The fraction of sp³-hybridized carbons (Fsp3) is 0.889. The van der Waals surface area contributed by atoms with Crippen LogP contribution in [-0.4, -0.2) is 66.5 Å². The standard InChI is InChI=1S/C18H31N3O3/c19-8-3-11-24-16-6-9-20(10-7-16)18(23)14-12-17(22)21(13-14)15-4-1-2-5-15/h14-16H,1-13,19H2. The van der Waals surface area contributed by atoms with Crippen LogP contribution in [0, 0.1) is 5.92 Å². The summed E-state index contributed by atoms with van der Waals surface area (Å²) in [6.45, 7) is 3.50. The van der Waals surface area contributed by atoms with Crippen molar-refractivity contribution < 1.29 is 14.3 Å². The first-order chi connectivity index (χ1) is 11.7. The Labute approximate surface area is 144 Å². The number of rotatable bonds is 6. The molecule has 2 amide bonds. The molecule has 6 nitrogen and oxygen atoms in total. The first-order valence-electron chi connectivity index (χ1n) is 9.59. The van der Waals surface area contributed by atoms with Gasteiger partial charge in [-0.2, -0.15) is 0 Å². The Hall–Kier alpha value is -1.14. The van der Waals surface area contributed by atoms with Crippen molar-refractivity contribution in [2.45, 2.75) is 63.5 Å². The van der Waals surface area contributed by atoms with E-state index in [9.17, 15) is 9.59 Å². The van der Waals surface area contributed by atoms with Gasteiger partial charge < -0.3 is 20.3 Å². The Kier molecular flexibility index (Phi) is 6.11.